The molecule has 0 radical (unpaired) electrons. The maximum Gasteiger partial charge on any atom is 0.173 e. The number of ketones is 1. The van der Waals surface area contributed by atoms with Gasteiger partial charge >= 0.3 is 0 Å². The minimum absolute atomic E-state index is 0.0595. The summed E-state index contributed by atoms with van der Waals surface area (Å²) < 4.78 is 13.0. The predicted molar refractivity (Wildman–Crippen MR) is 72.6 cm³/mol. The van der Waals surface area contributed by atoms with E-state index >= 15 is 0 Å². The molecule has 0 aliphatic carbocycles. The first-order valence-electron chi connectivity index (χ1n) is 5.63. The third-order valence-corrected chi connectivity index (χ3v) is 3.53. The van der Waals surface area contributed by atoms with Crippen molar-refractivity contribution in [1.82, 2.24) is 0 Å². The van der Waals surface area contributed by atoms with Gasteiger partial charge in [-0.25, -0.2) is 4.39 Å². The average Bonchev–Trinajstić information content (AvgIpc) is 2.37. The predicted octanol–water partition coefficient (Wildman–Crippen LogP) is 4.11. The van der Waals surface area contributed by atoms with Crippen LogP contribution >= 0.6 is 11.8 Å². The summed E-state index contributed by atoms with van der Waals surface area (Å²) in [6, 6.07) is 13.8. The van der Waals surface area contributed by atoms with Crippen LogP contribution in [0.15, 0.2) is 53.4 Å². The number of carbonyl (C=O) groups is 1. The Bertz CT molecular complexity index is 549. The van der Waals surface area contributed by atoms with Crippen LogP contribution in [-0.4, -0.2) is 11.5 Å². The van der Waals surface area contributed by atoms with Gasteiger partial charge in [0.2, 0.25) is 0 Å². The van der Waals surface area contributed by atoms with E-state index in [1.165, 1.54) is 23.9 Å². The fourth-order valence-electron chi connectivity index (χ4n) is 1.53. The number of Topliss-reactive ketones (excluding diaryl/α,β-unsaturated/α-hetero) is 1. The van der Waals surface area contributed by atoms with Crippen molar-refractivity contribution in [3.8, 4) is 0 Å². The fourth-order valence-corrected chi connectivity index (χ4v) is 2.36. The molecule has 2 aromatic carbocycles. The number of halogens is 1. The standard InChI is InChI=1S/C15H13FOS/c1-11-5-7-12(8-6-11)15(17)10-18-14-4-2-3-13(16)9-14/h2-9H,10H2,1H3. The smallest absolute Gasteiger partial charge is 0.173 e. The summed E-state index contributed by atoms with van der Waals surface area (Å²) in [6.45, 7) is 1.98. The largest absolute Gasteiger partial charge is 0.293 e. The molecule has 0 unspecified atom stereocenters. The van der Waals surface area contributed by atoms with E-state index in [0.29, 0.717) is 11.3 Å². The van der Waals surface area contributed by atoms with Crippen molar-refractivity contribution < 1.29 is 9.18 Å². The first-order valence-corrected chi connectivity index (χ1v) is 6.62. The second-order valence-corrected chi connectivity index (χ2v) is 5.08. The maximum atomic E-state index is 13.0. The molecule has 1 nitrogen and oxygen atoms in total. The third kappa shape index (κ3) is 3.44. The van der Waals surface area contributed by atoms with Crippen LogP contribution in [0.1, 0.15) is 15.9 Å². The zero-order valence-corrected chi connectivity index (χ0v) is 10.8. The van der Waals surface area contributed by atoms with E-state index in [9.17, 15) is 9.18 Å². The number of hydrogen-bond acceptors (Lipinski definition) is 2. The number of benzene rings is 2. The molecule has 0 heterocycles. The van der Waals surface area contributed by atoms with E-state index in [2.05, 4.69) is 0 Å². The molecular weight excluding hydrogens is 247 g/mol. The van der Waals surface area contributed by atoms with Crippen molar-refractivity contribution in [2.24, 2.45) is 0 Å². The lowest BCUT2D eigenvalue weighted by atomic mass is 10.1. The summed E-state index contributed by atoms with van der Waals surface area (Å²) in [5.74, 6) is 0.110. The lowest BCUT2D eigenvalue weighted by Crippen LogP contribution is -2.02. The van der Waals surface area contributed by atoms with Crippen LogP contribution in [0.25, 0.3) is 0 Å². The van der Waals surface area contributed by atoms with Crippen LogP contribution in [0.2, 0.25) is 0 Å². The second-order valence-electron chi connectivity index (χ2n) is 4.04. The first-order chi connectivity index (χ1) is 8.65. The van der Waals surface area contributed by atoms with Crippen LogP contribution in [0.4, 0.5) is 4.39 Å². The lowest BCUT2D eigenvalue weighted by molar-refractivity contribution is 0.102. The van der Waals surface area contributed by atoms with E-state index < -0.39 is 0 Å². The molecule has 0 atom stereocenters. The van der Waals surface area contributed by atoms with Crippen molar-refractivity contribution in [2.45, 2.75) is 11.8 Å². The molecule has 0 spiro atoms. The molecule has 18 heavy (non-hydrogen) atoms. The Morgan fingerprint density at radius 3 is 2.56 bits per heavy atom. The van der Waals surface area contributed by atoms with Gasteiger partial charge < -0.3 is 0 Å². The maximum absolute atomic E-state index is 13.0. The number of thioether (sulfide) groups is 1. The van der Waals surface area contributed by atoms with E-state index in [-0.39, 0.29) is 11.6 Å². The highest BCUT2D eigenvalue weighted by molar-refractivity contribution is 8.00. The zero-order valence-electron chi connectivity index (χ0n) is 10.0. The molecule has 0 aliphatic heterocycles. The normalized spacial score (nSPS) is 10.3. The van der Waals surface area contributed by atoms with Gasteiger partial charge in [-0.1, -0.05) is 35.9 Å². The van der Waals surface area contributed by atoms with Gasteiger partial charge in [0, 0.05) is 10.5 Å². The van der Waals surface area contributed by atoms with Gasteiger partial charge in [-0.2, -0.15) is 0 Å². The molecule has 0 bridgehead atoms. The summed E-state index contributed by atoms with van der Waals surface area (Å²) in [4.78, 5) is 12.7. The molecule has 0 fully saturated rings. The fraction of sp³-hybridized carbons (Fsp3) is 0.133. The van der Waals surface area contributed by atoms with Crippen LogP contribution in [0.5, 0.6) is 0 Å². The van der Waals surface area contributed by atoms with E-state index in [1.807, 2.05) is 31.2 Å². The summed E-state index contributed by atoms with van der Waals surface area (Å²) in [5.41, 5.74) is 1.83. The highest BCUT2D eigenvalue weighted by Gasteiger charge is 2.06. The molecule has 92 valence electrons. The molecular formula is C15H13FOS. The number of rotatable bonds is 4. The lowest BCUT2D eigenvalue weighted by Gasteiger charge is -2.02. The highest BCUT2D eigenvalue weighted by atomic mass is 32.2. The topological polar surface area (TPSA) is 17.1 Å². The third-order valence-electron chi connectivity index (χ3n) is 2.54. The highest BCUT2D eigenvalue weighted by Crippen LogP contribution is 2.20. The van der Waals surface area contributed by atoms with Crippen LogP contribution in [0, 0.1) is 12.7 Å². The number of hydrogen-bond donors (Lipinski definition) is 0. The Kier molecular flexibility index (Phi) is 4.15. The van der Waals surface area contributed by atoms with Gasteiger partial charge in [-0.15, -0.1) is 11.8 Å². The van der Waals surface area contributed by atoms with Crippen molar-refractivity contribution in [3.05, 3.63) is 65.5 Å². The summed E-state index contributed by atoms with van der Waals surface area (Å²) >= 11 is 1.35. The van der Waals surface area contributed by atoms with Crippen molar-refractivity contribution >= 4 is 17.5 Å². The number of aryl methyl sites for hydroxylation is 1. The Balaban J connectivity index is 1.98. The van der Waals surface area contributed by atoms with Crippen molar-refractivity contribution in [1.29, 1.82) is 0 Å². The second kappa shape index (κ2) is 5.83. The van der Waals surface area contributed by atoms with E-state index in [0.717, 1.165) is 10.5 Å². The van der Waals surface area contributed by atoms with Gasteiger partial charge in [-0.3, -0.25) is 4.79 Å². The average molecular weight is 260 g/mol. The molecule has 0 amide bonds. The van der Waals surface area contributed by atoms with Gasteiger partial charge in [0.25, 0.3) is 0 Å². The van der Waals surface area contributed by atoms with Crippen LogP contribution in [0.3, 0.4) is 0 Å². The molecule has 2 aromatic rings. The molecule has 0 aliphatic rings. The monoisotopic (exact) mass is 260 g/mol. The van der Waals surface area contributed by atoms with E-state index in [1.54, 1.807) is 12.1 Å². The quantitative estimate of drug-likeness (QED) is 0.608. The van der Waals surface area contributed by atoms with Crippen LogP contribution < -0.4 is 0 Å². The first kappa shape index (κ1) is 12.8. The molecule has 0 saturated carbocycles. The van der Waals surface area contributed by atoms with Gasteiger partial charge in [0.1, 0.15) is 5.82 Å². The Morgan fingerprint density at radius 2 is 1.89 bits per heavy atom. The molecule has 0 saturated heterocycles. The minimum atomic E-state index is -0.275. The summed E-state index contributed by atoms with van der Waals surface area (Å²) in [6.07, 6.45) is 0. The Hall–Kier alpha value is -1.61. The molecule has 2 rings (SSSR count). The van der Waals surface area contributed by atoms with Crippen molar-refractivity contribution in [2.75, 3.05) is 5.75 Å². The van der Waals surface area contributed by atoms with Crippen molar-refractivity contribution in [3.63, 3.8) is 0 Å². The van der Waals surface area contributed by atoms with Crippen LogP contribution in [-0.2, 0) is 0 Å². The minimum Gasteiger partial charge on any atom is -0.293 e. The Morgan fingerprint density at radius 1 is 1.17 bits per heavy atom. The zero-order chi connectivity index (χ0) is 13.0. The summed E-state index contributed by atoms with van der Waals surface area (Å²) in [7, 11) is 0. The molecule has 0 N–H and O–H groups in total. The number of carbonyl (C=O) groups excluding carboxylic acids is 1. The van der Waals surface area contributed by atoms with Gasteiger partial charge in [0.15, 0.2) is 5.78 Å². The van der Waals surface area contributed by atoms with Gasteiger partial charge in [0.05, 0.1) is 5.75 Å². The van der Waals surface area contributed by atoms with Gasteiger partial charge in [-0.05, 0) is 25.1 Å². The molecule has 0 aromatic heterocycles. The van der Waals surface area contributed by atoms with E-state index in [4.69, 9.17) is 0 Å². The molecule has 3 heteroatoms. The Labute approximate surface area is 110 Å². The summed E-state index contributed by atoms with van der Waals surface area (Å²) in [5, 5.41) is 0. The SMILES string of the molecule is Cc1ccc(C(=O)CSc2cccc(F)c2)cc1.